The molecule has 0 unspecified atom stereocenters. The number of rotatable bonds is 3. The molecule has 1 aliphatic carbocycles. The summed E-state index contributed by atoms with van der Waals surface area (Å²) >= 11 is 0. The van der Waals surface area contributed by atoms with Crippen LogP contribution in [0, 0.1) is 0 Å². The average Bonchev–Trinajstić information content (AvgIpc) is 2.80. The lowest BCUT2D eigenvalue weighted by Gasteiger charge is -2.10. The molecule has 0 atom stereocenters. The van der Waals surface area contributed by atoms with Crippen LogP contribution in [0.15, 0.2) is 23.1 Å². The molecule has 0 spiro atoms. The molecule has 0 bridgehead atoms. The summed E-state index contributed by atoms with van der Waals surface area (Å²) in [6, 6.07) is 4.64. The Kier molecular flexibility index (Phi) is 2.47. The summed E-state index contributed by atoms with van der Waals surface area (Å²) in [5, 5.41) is 9.62. The van der Waals surface area contributed by atoms with Crippen LogP contribution >= 0.6 is 0 Å². The maximum absolute atomic E-state index is 11.3. The minimum atomic E-state index is -3.36. The number of nitrogens with two attached hydrogens (primary N) is 1. The molecule has 0 heterocycles. The van der Waals surface area contributed by atoms with Crippen molar-refractivity contribution in [2.45, 2.75) is 29.7 Å². The molecule has 3 N–H and O–H groups in total. The van der Waals surface area contributed by atoms with Crippen LogP contribution in [0.4, 0.5) is 0 Å². The minimum absolute atomic E-state index is 0.0295. The largest absolute Gasteiger partial charge is 0.507 e. The third-order valence-electron chi connectivity index (χ3n) is 2.87. The Morgan fingerprint density at radius 1 is 1.44 bits per heavy atom. The Labute approximate surface area is 95.0 Å². The summed E-state index contributed by atoms with van der Waals surface area (Å²) in [5.74, 6) is -0.191. The van der Waals surface area contributed by atoms with Crippen LogP contribution < -0.4 is 5.73 Å². The van der Waals surface area contributed by atoms with E-state index in [1.165, 1.54) is 12.1 Å². The molecular weight excluding hydrogens is 226 g/mol. The zero-order valence-corrected chi connectivity index (χ0v) is 9.92. The van der Waals surface area contributed by atoms with E-state index in [2.05, 4.69) is 0 Å². The fraction of sp³-hybridized carbons (Fsp3) is 0.455. The van der Waals surface area contributed by atoms with Gasteiger partial charge in [0.2, 0.25) is 0 Å². The predicted octanol–water partition coefficient (Wildman–Crippen LogP) is 0.829. The number of hydrogen-bond donors (Lipinski definition) is 2. The molecule has 1 aromatic carbocycles. The highest BCUT2D eigenvalue weighted by atomic mass is 32.2. The first-order chi connectivity index (χ1) is 7.30. The van der Waals surface area contributed by atoms with Gasteiger partial charge >= 0.3 is 0 Å². The van der Waals surface area contributed by atoms with Crippen molar-refractivity contribution in [3.8, 4) is 5.75 Å². The molecule has 1 saturated carbocycles. The minimum Gasteiger partial charge on any atom is -0.507 e. The quantitative estimate of drug-likeness (QED) is 0.821. The van der Waals surface area contributed by atoms with Crippen LogP contribution in [0.2, 0.25) is 0 Å². The molecule has 4 nitrogen and oxygen atoms in total. The Morgan fingerprint density at radius 3 is 2.50 bits per heavy atom. The predicted molar refractivity (Wildman–Crippen MR) is 61.1 cm³/mol. The van der Waals surface area contributed by atoms with Crippen molar-refractivity contribution in [1.29, 1.82) is 0 Å². The second kappa shape index (κ2) is 3.46. The summed E-state index contributed by atoms with van der Waals surface area (Å²) in [5.41, 5.74) is 6.69. The number of benzene rings is 1. The van der Waals surface area contributed by atoms with Gasteiger partial charge in [0.05, 0.1) is 0 Å². The third kappa shape index (κ3) is 2.36. The summed E-state index contributed by atoms with van der Waals surface area (Å²) in [6.45, 7) is 0. The van der Waals surface area contributed by atoms with Gasteiger partial charge in [0, 0.05) is 11.8 Å². The Balaban J connectivity index is 2.29. The van der Waals surface area contributed by atoms with E-state index in [-0.39, 0.29) is 16.2 Å². The van der Waals surface area contributed by atoms with Gasteiger partial charge < -0.3 is 10.8 Å². The number of hydrogen-bond acceptors (Lipinski definition) is 4. The zero-order valence-electron chi connectivity index (χ0n) is 9.10. The smallest absolute Gasteiger partial charge is 0.179 e. The number of phenols is 1. The standard InChI is InChI=1S/C11H15NO3S/c1-16(14,15)10-3-2-8(6-9(10)13)7-11(12)4-5-11/h2-3,6,13H,4-5,7,12H2,1H3. The van der Waals surface area contributed by atoms with Crippen LogP contribution in [0.3, 0.4) is 0 Å². The molecule has 0 radical (unpaired) electrons. The van der Waals surface area contributed by atoms with E-state index >= 15 is 0 Å². The van der Waals surface area contributed by atoms with Gasteiger partial charge in [-0.2, -0.15) is 0 Å². The molecule has 5 heteroatoms. The van der Waals surface area contributed by atoms with Crippen molar-refractivity contribution in [1.82, 2.24) is 0 Å². The lowest BCUT2D eigenvalue weighted by atomic mass is 10.1. The highest BCUT2D eigenvalue weighted by Crippen LogP contribution is 2.36. The van der Waals surface area contributed by atoms with Crippen LogP contribution in [0.25, 0.3) is 0 Å². The number of phenolic OH excluding ortho intramolecular Hbond substituents is 1. The fourth-order valence-electron chi connectivity index (χ4n) is 1.73. The molecule has 0 amide bonds. The topological polar surface area (TPSA) is 80.4 Å². The van der Waals surface area contributed by atoms with E-state index in [4.69, 9.17) is 5.73 Å². The van der Waals surface area contributed by atoms with Gasteiger partial charge in [-0.25, -0.2) is 8.42 Å². The van der Waals surface area contributed by atoms with Gasteiger partial charge in [-0.3, -0.25) is 0 Å². The molecule has 1 aliphatic rings. The van der Waals surface area contributed by atoms with Gasteiger partial charge in [0.25, 0.3) is 0 Å². The van der Waals surface area contributed by atoms with E-state index in [9.17, 15) is 13.5 Å². The van der Waals surface area contributed by atoms with E-state index < -0.39 is 9.84 Å². The molecule has 1 fully saturated rings. The first kappa shape index (κ1) is 11.4. The molecule has 88 valence electrons. The summed E-state index contributed by atoms with van der Waals surface area (Å²) in [4.78, 5) is -0.0295. The number of aromatic hydroxyl groups is 1. The van der Waals surface area contributed by atoms with Crippen molar-refractivity contribution in [3.05, 3.63) is 23.8 Å². The normalized spacial score (nSPS) is 18.4. The van der Waals surface area contributed by atoms with E-state index in [0.717, 1.165) is 24.7 Å². The lowest BCUT2D eigenvalue weighted by molar-refractivity contribution is 0.458. The van der Waals surface area contributed by atoms with Gasteiger partial charge in [-0.1, -0.05) is 6.07 Å². The van der Waals surface area contributed by atoms with Crippen molar-refractivity contribution >= 4 is 9.84 Å². The van der Waals surface area contributed by atoms with Crippen LogP contribution in [-0.4, -0.2) is 25.3 Å². The maximum atomic E-state index is 11.3. The van der Waals surface area contributed by atoms with Gasteiger partial charge in [-0.15, -0.1) is 0 Å². The SMILES string of the molecule is CS(=O)(=O)c1ccc(CC2(N)CC2)cc1O. The molecule has 1 aromatic rings. The van der Waals surface area contributed by atoms with E-state index in [1.54, 1.807) is 6.07 Å². The molecular formula is C11H15NO3S. The highest BCUT2D eigenvalue weighted by Gasteiger charge is 2.38. The Hall–Kier alpha value is -1.07. The average molecular weight is 241 g/mol. The van der Waals surface area contributed by atoms with Crippen LogP contribution in [0.5, 0.6) is 5.75 Å². The summed E-state index contributed by atoms with van der Waals surface area (Å²) in [7, 11) is -3.36. The molecule has 0 aromatic heterocycles. The first-order valence-electron chi connectivity index (χ1n) is 5.11. The van der Waals surface area contributed by atoms with Crippen LogP contribution in [0.1, 0.15) is 18.4 Å². The molecule has 16 heavy (non-hydrogen) atoms. The number of sulfone groups is 1. The Morgan fingerprint density at radius 2 is 2.06 bits per heavy atom. The highest BCUT2D eigenvalue weighted by molar-refractivity contribution is 7.90. The van der Waals surface area contributed by atoms with Crippen molar-refractivity contribution < 1.29 is 13.5 Å². The second-order valence-electron chi connectivity index (χ2n) is 4.61. The Bertz CT molecular complexity index is 518. The fourth-order valence-corrected chi connectivity index (χ4v) is 2.48. The third-order valence-corrected chi connectivity index (χ3v) is 4.02. The van der Waals surface area contributed by atoms with E-state index in [1.807, 2.05) is 0 Å². The zero-order chi connectivity index (χ0) is 12.0. The van der Waals surface area contributed by atoms with Crippen LogP contribution in [-0.2, 0) is 16.3 Å². The van der Waals surface area contributed by atoms with E-state index in [0.29, 0.717) is 6.42 Å². The monoisotopic (exact) mass is 241 g/mol. The van der Waals surface area contributed by atoms with Gasteiger partial charge in [0.15, 0.2) is 9.84 Å². The van der Waals surface area contributed by atoms with Crippen molar-refractivity contribution in [2.75, 3.05) is 6.26 Å². The maximum Gasteiger partial charge on any atom is 0.179 e. The van der Waals surface area contributed by atoms with Crippen molar-refractivity contribution in [3.63, 3.8) is 0 Å². The lowest BCUT2D eigenvalue weighted by Crippen LogP contribution is -2.24. The van der Waals surface area contributed by atoms with Crippen molar-refractivity contribution in [2.24, 2.45) is 5.73 Å². The molecule has 0 aliphatic heterocycles. The molecule has 0 saturated heterocycles. The van der Waals surface area contributed by atoms with Gasteiger partial charge in [-0.05, 0) is 37.0 Å². The summed E-state index contributed by atoms with van der Waals surface area (Å²) < 4.78 is 22.6. The summed E-state index contributed by atoms with van der Waals surface area (Å²) in [6.07, 6.45) is 3.74. The molecule has 2 rings (SSSR count). The van der Waals surface area contributed by atoms with Gasteiger partial charge in [0.1, 0.15) is 10.6 Å². The second-order valence-corrected chi connectivity index (χ2v) is 6.60. The first-order valence-corrected chi connectivity index (χ1v) is 7.00.